The largest absolute Gasteiger partial charge is 0.494 e. The number of ether oxygens (including phenoxy) is 1. The molecule has 2 aromatic rings. The van der Waals surface area contributed by atoms with Crippen molar-refractivity contribution < 1.29 is 4.74 Å². The highest BCUT2D eigenvalue weighted by atomic mass is 32.1. The number of benzene rings is 1. The molecule has 0 spiro atoms. The van der Waals surface area contributed by atoms with Crippen molar-refractivity contribution in [3.8, 4) is 17.0 Å². The number of rotatable bonds is 5. The van der Waals surface area contributed by atoms with E-state index in [1.54, 1.807) is 0 Å². The summed E-state index contributed by atoms with van der Waals surface area (Å²) in [6, 6.07) is 10.0. The van der Waals surface area contributed by atoms with Crippen molar-refractivity contribution in [3.63, 3.8) is 0 Å². The number of aromatic nitrogens is 2. The lowest BCUT2D eigenvalue weighted by molar-refractivity contribution is 0.317. The summed E-state index contributed by atoms with van der Waals surface area (Å²) < 4.78 is 6.26. The van der Waals surface area contributed by atoms with Gasteiger partial charge < -0.3 is 9.72 Å². The molecule has 1 aromatic heterocycles. The van der Waals surface area contributed by atoms with E-state index < -0.39 is 0 Å². The molecule has 1 fully saturated rings. The number of hydrogen-bond donors (Lipinski definition) is 1. The van der Waals surface area contributed by atoms with E-state index in [9.17, 15) is 0 Å². The minimum absolute atomic E-state index is 0.573. The number of aromatic amines is 1. The van der Waals surface area contributed by atoms with Gasteiger partial charge >= 0.3 is 0 Å². The molecule has 0 aliphatic heterocycles. The normalized spacial score (nSPS) is 14.2. The highest BCUT2D eigenvalue weighted by Crippen LogP contribution is 2.38. The SMILES string of the molecule is CCCOc1ccc(-c2cc(=S)nc(C3CC3)[nH]2)cc1. The zero-order valence-corrected chi connectivity index (χ0v) is 12.4. The number of nitrogens with zero attached hydrogens (tertiary/aromatic N) is 1. The summed E-state index contributed by atoms with van der Waals surface area (Å²) in [5.41, 5.74) is 2.15. The highest BCUT2D eigenvalue weighted by molar-refractivity contribution is 7.71. The smallest absolute Gasteiger partial charge is 0.130 e. The second-order valence-corrected chi connectivity index (χ2v) is 5.58. The van der Waals surface area contributed by atoms with Crippen LogP contribution in [0.1, 0.15) is 37.9 Å². The van der Waals surface area contributed by atoms with Crippen LogP contribution in [0.5, 0.6) is 5.75 Å². The van der Waals surface area contributed by atoms with Crippen LogP contribution < -0.4 is 4.74 Å². The summed E-state index contributed by atoms with van der Waals surface area (Å²) in [7, 11) is 0. The first-order valence-electron chi connectivity index (χ1n) is 7.11. The lowest BCUT2D eigenvalue weighted by Gasteiger charge is -2.08. The third kappa shape index (κ3) is 3.07. The van der Waals surface area contributed by atoms with E-state index in [0.717, 1.165) is 35.9 Å². The zero-order valence-electron chi connectivity index (χ0n) is 11.6. The van der Waals surface area contributed by atoms with Gasteiger partial charge in [0.2, 0.25) is 0 Å². The van der Waals surface area contributed by atoms with E-state index in [-0.39, 0.29) is 0 Å². The molecule has 20 heavy (non-hydrogen) atoms. The maximum Gasteiger partial charge on any atom is 0.130 e. The van der Waals surface area contributed by atoms with E-state index >= 15 is 0 Å². The molecule has 4 heteroatoms. The molecule has 1 saturated carbocycles. The molecule has 1 heterocycles. The molecule has 0 radical (unpaired) electrons. The van der Waals surface area contributed by atoms with Gasteiger partial charge in [-0.3, -0.25) is 0 Å². The van der Waals surface area contributed by atoms with Crippen LogP contribution in [0.4, 0.5) is 0 Å². The van der Waals surface area contributed by atoms with E-state index in [4.69, 9.17) is 17.0 Å². The van der Waals surface area contributed by atoms with Gasteiger partial charge in [0.05, 0.1) is 6.61 Å². The zero-order chi connectivity index (χ0) is 13.9. The summed E-state index contributed by atoms with van der Waals surface area (Å²) in [6.45, 7) is 2.85. The molecule has 3 rings (SSSR count). The van der Waals surface area contributed by atoms with Crippen LogP contribution in [-0.4, -0.2) is 16.6 Å². The molecular weight excluding hydrogens is 268 g/mol. The molecule has 0 atom stereocenters. The van der Waals surface area contributed by atoms with Gasteiger partial charge in [0, 0.05) is 11.6 Å². The van der Waals surface area contributed by atoms with E-state index in [2.05, 4.69) is 29.0 Å². The minimum atomic E-state index is 0.573. The van der Waals surface area contributed by atoms with Crippen LogP contribution in [0.25, 0.3) is 11.3 Å². The Morgan fingerprint density at radius 3 is 2.70 bits per heavy atom. The monoisotopic (exact) mass is 286 g/mol. The van der Waals surface area contributed by atoms with Crippen molar-refractivity contribution in [2.24, 2.45) is 0 Å². The summed E-state index contributed by atoms with van der Waals surface area (Å²) in [6.07, 6.45) is 3.45. The van der Waals surface area contributed by atoms with E-state index in [0.29, 0.717) is 10.6 Å². The fourth-order valence-electron chi connectivity index (χ4n) is 2.13. The van der Waals surface area contributed by atoms with Gasteiger partial charge in [-0.1, -0.05) is 19.1 Å². The van der Waals surface area contributed by atoms with Gasteiger partial charge in [-0.05, 0) is 55.2 Å². The van der Waals surface area contributed by atoms with Gasteiger partial charge in [0.1, 0.15) is 16.2 Å². The van der Waals surface area contributed by atoms with Gasteiger partial charge in [0.15, 0.2) is 0 Å². The summed E-state index contributed by atoms with van der Waals surface area (Å²) in [5.74, 6) is 2.51. The Kier molecular flexibility index (Phi) is 3.83. The Balaban J connectivity index is 1.86. The van der Waals surface area contributed by atoms with Gasteiger partial charge in [-0.15, -0.1) is 0 Å². The fourth-order valence-corrected chi connectivity index (χ4v) is 2.35. The van der Waals surface area contributed by atoms with Crippen molar-refractivity contribution in [3.05, 3.63) is 40.8 Å². The molecule has 104 valence electrons. The predicted octanol–water partition coefficient (Wildman–Crippen LogP) is 4.47. The first kappa shape index (κ1) is 13.3. The quantitative estimate of drug-likeness (QED) is 0.824. The van der Waals surface area contributed by atoms with Crippen LogP contribution in [0.15, 0.2) is 30.3 Å². The third-order valence-electron chi connectivity index (χ3n) is 3.36. The molecule has 1 aliphatic carbocycles. The van der Waals surface area contributed by atoms with Crippen molar-refractivity contribution in [2.75, 3.05) is 6.61 Å². The average Bonchev–Trinajstić information content (AvgIpc) is 3.29. The van der Waals surface area contributed by atoms with Crippen LogP contribution >= 0.6 is 12.2 Å². The molecule has 1 N–H and O–H groups in total. The Morgan fingerprint density at radius 2 is 2.05 bits per heavy atom. The van der Waals surface area contributed by atoms with Gasteiger partial charge in [-0.2, -0.15) is 0 Å². The Morgan fingerprint density at radius 1 is 1.30 bits per heavy atom. The van der Waals surface area contributed by atoms with Crippen LogP contribution in [-0.2, 0) is 0 Å². The predicted molar refractivity (Wildman–Crippen MR) is 82.6 cm³/mol. The summed E-state index contributed by atoms with van der Waals surface area (Å²) in [5, 5.41) is 0. The van der Waals surface area contributed by atoms with E-state index in [1.807, 2.05) is 18.2 Å². The second-order valence-electron chi connectivity index (χ2n) is 5.17. The molecular formula is C16H18N2OS. The molecule has 1 aromatic carbocycles. The van der Waals surface area contributed by atoms with Crippen molar-refractivity contribution in [2.45, 2.75) is 32.1 Å². The molecule has 0 saturated heterocycles. The van der Waals surface area contributed by atoms with Crippen LogP contribution in [0.3, 0.4) is 0 Å². The number of hydrogen-bond acceptors (Lipinski definition) is 3. The average molecular weight is 286 g/mol. The highest BCUT2D eigenvalue weighted by Gasteiger charge is 2.26. The maximum absolute atomic E-state index is 5.60. The topological polar surface area (TPSA) is 37.9 Å². The molecule has 0 amide bonds. The molecule has 1 aliphatic rings. The lowest BCUT2D eigenvalue weighted by Crippen LogP contribution is -1.96. The molecule has 0 bridgehead atoms. The van der Waals surface area contributed by atoms with Crippen molar-refractivity contribution in [1.29, 1.82) is 0 Å². The summed E-state index contributed by atoms with van der Waals surface area (Å²) in [4.78, 5) is 7.82. The molecule has 3 nitrogen and oxygen atoms in total. The Bertz CT molecular complexity index is 644. The van der Waals surface area contributed by atoms with Crippen LogP contribution in [0, 0.1) is 4.64 Å². The standard InChI is InChI=1S/C16H18N2OS/c1-2-9-19-13-7-5-11(6-8-13)14-10-15(20)18-16(17-14)12-3-4-12/h5-8,10,12H,2-4,9H2,1H3,(H,17,18,20). The van der Waals surface area contributed by atoms with Gasteiger partial charge in [0.25, 0.3) is 0 Å². The Labute approximate surface area is 124 Å². The Hall–Kier alpha value is -1.68. The fraction of sp³-hybridized carbons (Fsp3) is 0.375. The van der Waals surface area contributed by atoms with Crippen LogP contribution in [0.2, 0.25) is 0 Å². The third-order valence-corrected chi connectivity index (χ3v) is 3.57. The number of H-pyrrole nitrogens is 1. The molecule has 0 unspecified atom stereocenters. The van der Waals surface area contributed by atoms with Crippen molar-refractivity contribution in [1.82, 2.24) is 9.97 Å². The van der Waals surface area contributed by atoms with Gasteiger partial charge in [-0.25, -0.2) is 4.98 Å². The second kappa shape index (κ2) is 5.75. The maximum atomic E-state index is 5.60. The first-order valence-corrected chi connectivity index (χ1v) is 7.51. The van der Waals surface area contributed by atoms with Crippen molar-refractivity contribution >= 4 is 12.2 Å². The summed E-state index contributed by atoms with van der Waals surface area (Å²) >= 11 is 5.26. The number of nitrogens with one attached hydrogen (secondary N) is 1. The first-order chi connectivity index (χ1) is 9.76. The van der Waals surface area contributed by atoms with E-state index in [1.165, 1.54) is 12.8 Å². The lowest BCUT2D eigenvalue weighted by atomic mass is 10.1. The minimum Gasteiger partial charge on any atom is -0.494 e.